The summed E-state index contributed by atoms with van der Waals surface area (Å²) in [5.41, 5.74) is 0. The van der Waals surface area contributed by atoms with Gasteiger partial charge in [0.05, 0.1) is 8.07 Å². The van der Waals surface area contributed by atoms with Gasteiger partial charge in [-0.15, -0.1) is 0 Å². The standard InChI is InChI=1S/C12H20S3Si/c13-6-9-16(10-7-14,11-8-15)12-4-2-1-3-5-12/h1-5,13-15H,6-11H2. The van der Waals surface area contributed by atoms with Crippen LogP contribution in [0.5, 0.6) is 0 Å². The zero-order chi connectivity index (χ0) is 11.9. The van der Waals surface area contributed by atoms with Crippen LogP contribution in [0.1, 0.15) is 0 Å². The molecule has 0 fully saturated rings. The van der Waals surface area contributed by atoms with Crippen LogP contribution in [0.3, 0.4) is 0 Å². The minimum Gasteiger partial charge on any atom is -0.180 e. The van der Waals surface area contributed by atoms with Gasteiger partial charge in [0.2, 0.25) is 0 Å². The van der Waals surface area contributed by atoms with Crippen LogP contribution in [0.25, 0.3) is 0 Å². The van der Waals surface area contributed by atoms with Gasteiger partial charge in [-0.2, -0.15) is 37.9 Å². The van der Waals surface area contributed by atoms with Crippen LogP contribution in [-0.4, -0.2) is 25.3 Å². The summed E-state index contributed by atoms with van der Waals surface area (Å²) >= 11 is 13.3. The van der Waals surface area contributed by atoms with Gasteiger partial charge in [0.25, 0.3) is 0 Å². The number of benzene rings is 1. The van der Waals surface area contributed by atoms with Gasteiger partial charge < -0.3 is 0 Å². The summed E-state index contributed by atoms with van der Waals surface area (Å²) in [5.74, 6) is 2.92. The summed E-state index contributed by atoms with van der Waals surface area (Å²) in [5, 5.41) is 1.55. The molecular formula is C12H20S3Si. The highest BCUT2D eigenvalue weighted by atomic mass is 32.1. The molecule has 0 spiro atoms. The SMILES string of the molecule is SCC[Si](CCS)(CCS)c1ccccc1. The van der Waals surface area contributed by atoms with E-state index in [-0.39, 0.29) is 0 Å². The van der Waals surface area contributed by atoms with Gasteiger partial charge in [0, 0.05) is 0 Å². The number of hydrogen-bond acceptors (Lipinski definition) is 3. The molecule has 0 N–H and O–H groups in total. The van der Waals surface area contributed by atoms with E-state index in [1.54, 1.807) is 5.19 Å². The molecule has 0 amide bonds. The van der Waals surface area contributed by atoms with Gasteiger partial charge in [0.15, 0.2) is 0 Å². The molecule has 4 heteroatoms. The van der Waals surface area contributed by atoms with Crippen LogP contribution >= 0.6 is 37.9 Å². The number of rotatable bonds is 7. The summed E-state index contributed by atoms with van der Waals surface area (Å²) in [4.78, 5) is 0. The minimum atomic E-state index is -1.40. The molecule has 0 radical (unpaired) electrons. The van der Waals surface area contributed by atoms with Crippen LogP contribution < -0.4 is 5.19 Å². The second kappa shape index (κ2) is 7.74. The molecule has 0 aromatic heterocycles. The maximum atomic E-state index is 4.43. The Morgan fingerprint density at radius 2 is 1.19 bits per heavy atom. The molecule has 0 saturated heterocycles. The van der Waals surface area contributed by atoms with E-state index in [1.165, 1.54) is 18.1 Å². The molecule has 16 heavy (non-hydrogen) atoms. The molecule has 1 aromatic carbocycles. The lowest BCUT2D eigenvalue weighted by Gasteiger charge is -2.31. The van der Waals surface area contributed by atoms with Crippen LogP contribution in [-0.2, 0) is 0 Å². The third-order valence-corrected chi connectivity index (χ3v) is 10.3. The van der Waals surface area contributed by atoms with Crippen molar-refractivity contribution >= 4 is 51.1 Å². The van der Waals surface area contributed by atoms with E-state index in [4.69, 9.17) is 0 Å². The van der Waals surface area contributed by atoms with Gasteiger partial charge in [-0.1, -0.05) is 35.5 Å². The minimum absolute atomic E-state index is 0.975. The van der Waals surface area contributed by atoms with E-state index >= 15 is 0 Å². The van der Waals surface area contributed by atoms with Crippen molar-refractivity contribution in [2.75, 3.05) is 17.3 Å². The van der Waals surface area contributed by atoms with Crippen molar-refractivity contribution in [2.45, 2.75) is 18.1 Å². The Balaban J connectivity index is 2.99. The zero-order valence-corrected chi connectivity index (χ0v) is 13.2. The molecule has 1 rings (SSSR count). The van der Waals surface area contributed by atoms with Crippen molar-refractivity contribution < 1.29 is 0 Å². The van der Waals surface area contributed by atoms with Gasteiger partial charge in [-0.3, -0.25) is 0 Å². The summed E-state index contributed by atoms with van der Waals surface area (Å²) < 4.78 is 0. The molecule has 0 unspecified atom stereocenters. The van der Waals surface area contributed by atoms with Gasteiger partial charge in [-0.05, 0) is 35.4 Å². The quantitative estimate of drug-likeness (QED) is 0.498. The average Bonchev–Trinajstić information content (AvgIpc) is 2.31. The van der Waals surface area contributed by atoms with Crippen LogP contribution in [0.2, 0.25) is 18.1 Å². The third-order valence-electron chi connectivity index (χ3n) is 3.16. The average molecular weight is 289 g/mol. The van der Waals surface area contributed by atoms with E-state index in [0.717, 1.165) is 17.3 Å². The second-order valence-corrected chi connectivity index (χ2v) is 10.0. The second-order valence-electron chi connectivity index (χ2n) is 4.07. The first-order valence-corrected chi connectivity index (χ1v) is 10.2. The van der Waals surface area contributed by atoms with Crippen LogP contribution in [0, 0.1) is 0 Å². The Bertz CT molecular complexity index is 273. The molecule has 0 aliphatic heterocycles. The predicted molar refractivity (Wildman–Crippen MR) is 87.8 cm³/mol. The van der Waals surface area contributed by atoms with Gasteiger partial charge in [0.1, 0.15) is 0 Å². The van der Waals surface area contributed by atoms with E-state index in [0.29, 0.717) is 0 Å². The molecule has 0 aliphatic rings. The molecule has 0 atom stereocenters. The highest BCUT2D eigenvalue weighted by Crippen LogP contribution is 2.23. The molecular weight excluding hydrogens is 268 g/mol. The fraction of sp³-hybridized carbons (Fsp3) is 0.500. The van der Waals surface area contributed by atoms with Crippen molar-refractivity contribution in [3.63, 3.8) is 0 Å². The summed E-state index contributed by atoms with van der Waals surface area (Å²) in [6, 6.07) is 14.7. The fourth-order valence-electron chi connectivity index (χ4n) is 2.24. The van der Waals surface area contributed by atoms with Crippen molar-refractivity contribution in [1.29, 1.82) is 0 Å². The monoisotopic (exact) mass is 288 g/mol. The molecule has 0 aliphatic carbocycles. The topological polar surface area (TPSA) is 0 Å². The summed E-state index contributed by atoms with van der Waals surface area (Å²) in [6.07, 6.45) is 0. The first-order chi connectivity index (χ1) is 7.79. The van der Waals surface area contributed by atoms with E-state index in [1.807, 2.05) is 0 Å². The van der Waals surface area contributed by atoms with Crippen LogP contribution in [0.15, 0.2) is 30.3 Å². The van der Waals surface area contributed by atoms with E-state index < -0.39 is 8.07 Å². The lowest BCUT2D eigenvalue weighted by molar-refractivity contribution is 1.22. The van der Waals surface area contributed by atoms with Crippen molar-refractivity contribution in [2.24, 2.45) is 0 Å². The summed E-state index contributed by atoms with van der Waals surface area (Å²) in [6.45, 7) is 0. The largest absolute Gasteiger partial charge is 0.180 e. The van der Waals surface area contributed by atoms with Crippen molar-refractivity contribution in [1.82, 2.24) is 0 Å². The zero-order valence-electron chi connectivity index (χ0n) is 9.47. The normalized spacial score (nSPS) is 11.7. The van der Waals surface area contributed by atoms with Gasteiger partial charge >= 0.3 is 0 Å². The molecule has 0 heterocycles. The van der Waals surface area contributed by atoms with Crippen molar-refractivity contribution in [3.8, 4) is 0 Å². The molecule has 1 aromatic rings. The van der Waals surface area contributed by atoms with E-state index in [2.05, 4.69) is 68.2 Å². The Morgan fingerprint density at radius 3 is 1.56 bits per heavy atom. The predicted octanol–water partition coefficient (Wildman–Crippen LogP) is 3.13. The smallest absolute Gasteiger partial charge is 0.0891 e. The number of hydrogen-bond donors (Lipinski definition) is 3. The Hall–Kier alpha value is 0.487. The maximum absolute atomic E-state index is 4.43. The summed E-state index contributed by atoms with van der Waals surface area (Å²) in [7, 11) is -1.40. The molecule has 0 nitrogen and oxygen atoms in total. The Morgan fingerprint density at radius 1 is 0.750 bits per heavy atom. The number of thiol groups is 3. The van der Waals surface area contributed by atoms with Crippen molar-refractivity contribution in [3.05, 3.63) is 30.3 Å². The molecule has 0 bridgehead atoms. The highest BCUT2D eigenvalue weighted by Gasteiger charge is 2.32. The molecule has 90 valence electrons. The fourth-order valence-corrected chi connectivity index (χ4v) is 9.89. The lowest BCUT2D eigenvalue weighted by Crippen LogP contribution is -2.48. The van der Waals surface area contributed by atoms with Gasteiger partial charge in [-0.25, -0.2) is 0 Å². The first-order valence-electron chi connectivity index (χ1n) is 5.67. The first kappa shape index (κ1) is 14.5. The highest BCUT2D eigenvalue weighted by molar-refractivity contribution is 7.80. The Labute approximate surface area is 116 Å². The van der Waals surface area contributed by atoms with E-state index in [9.17, 15) is 0 Å². The lowest BCUT2D eigenvalue weighted by atomic mass is 10.4. The Kier molecular flexibility index (Phi) is 7.04. The molecule has 0 saturated carbocycles. The van der Waals surface area contributed by atoms with Crippen LogP contribution in [0.4, 0.5) is 0 Å². The third kappa shape index (κ3) is 3.76. The maximum Gasteiger partial charge on any atom is 0.0891 e.